The van der Waals surface area contributed by atoms with E-state index in [0.717, 1.165) is 0 Å². The minimum absolute atomic E-state index is 0. The topological polar surface area (TPSA) is 149 Å². The normalized spacial score (nSPS) is 24.7. The van der Waals surface area contributed by atoms with Crippen molar-refractivity contribution in [2.45, 2.75) is 19.3 Å². The first-order chi connectivity index (χ1) is 15.2. The van der Waals surface area contributed by atoms with Gasteiger partial charge >= 0.3 is 232 Å². The summed E-state index contributed by atoms with van der Waals surface area (Å²) < 4.78 is 0. The summed E-state index contributed by atoms with van der Waals surface area (Å²) >= 11 is 3.54. The molecular formula is C16H16Fe2O8Se8. The van der Waals surface area contributed by atoms with Gasteiger partial charge in [0.15, 0.2) is 0 Å². The molecule has 4 rings (SSSR count). The summed E-state index contributed by atoms with van der Waals surface area (Å²) in [7, 11) is 0. The first-order valence-electron chi connectivity index (χ1n) is 8.08. The van der Waals surface area contributed by atoms with Crippen LogP contribution in [-0.4, -0.2) is 149 Å². The van der Waals surface area contributed by atoms with Crippen LogP contribution in [0.5, 0.6) is 0 Å². The Morgan fingerprint density at radius 3 is 0.676 bits per heavy atom. The van der Waals surface area contributed by atoms with E-state index < -0.39 is 23.9 Å². The predicted octanol–water partition coefficient (Wildman–Crippen LogP) is -1.16. The van der Waals surface area contributed by atoms with Gasteiger partial charge < -0.3 is 0 Å². The maximum atomic E-state index is 10.2. The van der Waals surface area contributed by atoms with Crippen molar-refractivity contribution >= 4 is 129 Å². The average molecular weight is 1080 g/mol. The predicted molar refractivity (Wildman–Crippen MR) is 128 cm³/mol. The standard InChI is InChI=1S/4C4H4O2Se2.2Fe/c4*5-4(6)3-1-2-7-8-3;;/h4*1-3H,(H,5,6);;. The van der Waals surface area contributed by atoms with Crippen LogP contribution in [0, 0.1) is 0 Å². The van der Waals surface area contributed by atoms with Crippen molar-refractivity contribution in [2.24, 2.45) is 0 Å². The van der Waals surface area contributed by atoms with Crippen molar-refractivity contribution in [1.29, 1.82) is 0 Å². The minimum Gasteiger partial charge on any atom is 0 e. The monoisotopic (exact) mass is 1090 g/mol. The number of carbonyl (C=O) groups is 4. The van der Waals surface area contributed by atoms with Crippen molar-refractivity contribution in [3.63, 3.8) is 0 Å². The molecule has 4 heterocycles. The van der Waals surface area contributed by atoms with Crippen molar-refractivity contribution in [3.8, 4) is 0 Å². The van der Waals surface area contributed by atoms with Gasteiger partial charge in [0.1, 0.15) is 0 Å². The Morgan fingerprint density at radius 1 is 0.441 bits per heavy atom. The van der Waals surface area contributed by atoms with Gasteiger partial charge in [-0.1, -0.05) is 0 Å². The molecule has 4 N–H and O–H groups in total. The van der Waals surface area contributed by atoms with E-state index in [0.29, 0.717) is 105 Å². The maximum Gasteiger partial charge on any atom is 0 e. The molecule has 4 aliphatic rings. The molecular weight excluding hydrogens is 1060 g/mol. The van der Waals surface area contributed by atoms with E-state index in [1.54, 1.807) is 0 Å². The number of aliphatic carboxylic acids is 4. The summed E-state index contributed by atoms with van der Waals surface area (Å²) in [6.45, 7) is 0. The molecule has 4 aliphatic heterocycles. The van der Waals surface area contributed by atoms with Crippen LogP contribution in [0.1, 0.15) is 0 Å². The molecule has 0 aromatic heterocycles. The van der Waals surface area contributed by atoms with E-state index in [9.17, 15) is 19.2 Å². The molecule has 0 spiro atoms. The van der Waals surface area contributed by atoms with Gasteiger partial charge in [0.05, 0.1) is 0 Å². The Hall–Kier alpha value is 2.03. The molecule has 0 amide bonds. The van der Waals surface area contributed by atoms with Crippen LogP contribution in [0.2, 0.25) is 19.3 Å². The molecule has 0 saturated heterocycles. The largest absolute Gasteiger partial charge is 0 e. The molecule has 18 heteroatoms. The SMILES string of the molecule is O=C(O)C1C=C[Se][Se]1.O=C(O)C1C=C[Se][Se]1.O=C(O)C1C=C[Se][Se]1.O=C(O)C1C=C[Se][Se]1.[Fe].[Fe]. The second kappa shape index (κ2) is 23.0. The number of hydrogen-bond donors (Lipinski definition) is 4. The zero-order valence-corrected chi connectivity index (χ0v) is 32.2. The first-order valence-corrected chi connectivity index (χ1v) is 33.3. The Labute approximate surface area is 262 Å². The fourth-order valence-corrected chi connectivity index (χ4v) is 25.9. The van der Waals surface area contributed by atoms with E-state index in [-0.39, 0.29) is 53.4 Å². The molecule has 0 aromatic rings. The minimum atomic E-state index is -0.652. The van der Waals surface area contributed by atoms with Crippen LogP contribution >= 0.6 is 0 Å². The van der Waals surface area contributed by atoms with Crippen molar-refractivity contribution in [3.05, 3.63) is 44.2 Å². The molecule has 0 saturated carbocycles. The Balaban J connectivity index is 0. The summed E-state index contributed by atoms with van der Waals surface area (Å²) in [6.07, 6.45) is 7.23. The van der Waals surface area contributed by atoms with Crippen LogP contribution in [0.3, 0.4) is 0 Å². The molecule has 0 fully saturated rings. The molecule has 4 unspecified atom stereocenters. The molecule has 0 aromatic carbocycles. The third-order valence-electron chi connectivity index (χ3n) is 2.85. The van der Waals surface area contributed by atoms with Crippen molar-refractivity contribution in [1.82, 2.24) is 0 Å². The molecule has 34 heavy (non-hydrogen) atoms. The van der Waals surface area contributed by atoms with E-state index in [1.165, 1.54) is 0 Å². The third-order valence-corrected chi connectivity index (χ3v) is 29.5. The quantitative estimate of drug-likeness (QED) is 0.258. The Kier molecular flexibility index (Phi) is 25.8. The van der Waals surface area contributed by atoms with Gasteiger partial charge in [-0.2, -0.15) is 0 Å². The second-order valence-electron chi connectivity index (χ2n) is 5.12. The maximum absolute atomic E-state index is 10.2. The molecule has 8 nitrogen and oxygen atoms in total. The summed E-state index contributed by atoms with van der Waals surface area (Å²) in [5, 5.41) is 33.6. The molecule has 192 valence electrons. The first kappa shape index (κ1) is 38.2. The summed E-state index contributed by atoms with van der Waals surface area (Å²) in [4.78, 5) is 48.3. The average Bonchev–Trinajstić information content (AvgIpc) is 3.56. The van der Waals surface area contributed by atoms with Crippen LogP contribution in [0.15, 0.2) is 44.2 Å². The van der Waals surface area contributed by atoms with Crippen LogP contribution in [0.4, 0.5) is 0 Å². The molecule has 4 atom stereocenters. The molecule has 0 radical (unpaired) electrons. The van der Waals surface area contributed by atoms with Gasteiger partial charge in [-0.05, 0) is 0 Å². The third kappa shape index (κ3) is 17.5. The van der Waals surface area contributed by atoms with Crippen molar-refractivity contribution < 1.29 is 73.7 Å². The van der Waals surface area contributed by atoms with Gasteiger partial charge in [0.2, 0.25) is 0 Å². The summed E-state index contributed by atoms with van der Waals surface area (Å²) in [5.74, 6) is -2.61. The van der Waals surface area contributed by atoms with E-state index in [4.69, 9.17) is 20.4 Å². The van der Waals surface area contributed by atoms with Crippen molar-refractivity contribution in [2.75, 3.05) is 0 Å². The number of hydrogen-bond acceptors (Lipinski definition) is 4. The van der Waals surface area contributed by atoms with Gasteiger partial charge in [0.25, 0.3) is 0 Å². The number of carboxylic acid groups (broad SMARTS) is 4. The molecule has 0 bridgehead atoms. The second-order valence-corrected chi connectivity index (χ2v) is 31.7. The number of rotatable bonds is 4. The number of carboxylic acids is 4. The van der Waals surface area contributed by atoms with E-state index in [2.05, 4.69) is 0 Å². The van der Waals surface area contributed by atoms with E-state index in [1.807, 2.05) is 44.2 Å². The molecule has 0 aliphatic carbocycles. The van der Waals surface area contributed by atoms with Gasteiger partial charge in [-0.15, -0.1) is 0 Å². The van der Waals surface area contributed by atoms with E-state index >= 15 is 0 Å². The Bertz CT molecular complexity index is 667. The Morgan fingerprint density at radius 2 is 0.618 bits per heavy atom. The van der Waals surface area contributed by atoms with Gasteiger partial charge in [-0.3, -0.25) is 0 Å². The van der Waals surface area contributed by atoms with Crippen LogP contribution in [0.25, 0.3) is 0 Å². The smallest absolute Gasteiger partial charge is 0 e. The van der Waals surface area contributed by atoms with Gasteiger partial charge in [0, 0.05) is 34.1 Å². The van der Waals surface area contributed by atoms with Gasteiger partial charge in [-0.25, -0.2) is 0 Å². The zero-order valence-electron chi connectivity index (χ0n) is 16.3. The summed E-state index contributed by atoms with van der Waals surface area (Å²) in [5.41, 5.74) is 0. The van der Waals surface area contributed by atoms with Crippen LogP contribution < -0.4 is 0 Å². The fraction of sp³-hybridized carbons (Fsp3) is 0.250. The zero-order chi connectivity index (χ0) is 23.9. The summed E-state index contributed by atoms with van der Waals surface area (Å²) in [6, 6.07) is 0. The van der Waals surface area contributed by atoms with Crippen LogP contribution in [-0.2, 0) is 53.3 Å². The fourth-order valence-electron chi connectivity index (χ4n) is 1.40.